The van der Waals surface area contributed by atoms with Crippen LogP contribution in [0.1, 0.15) is 12.0 Å². The number of para-hydroxylation sites is 1. The molecule has 2 saturated heterocycles. The molecule has 5 heteroatoms. The lowest BCUT2D eigenvalue weighted by atomic mass is 10.1. The van der Waals surface area contributed by atoms with Gasteiger partial charge in [0.1, 0.15) is 13.2 Å². The smallest absolute Gasteiger partial charge is 0.165 e. The highest BCUT2D eigenvalue weighted by atomic mass is 16.6. The van der Waals surface area contributed by atoms with Crippen molar-refractivity contribution in [1.29, 1.82) is 0 Å². The maximum atomic E-state index is 5.84. The van der Waals surface area contributed by atoms with Crippen LogP contribution in [0.2, 0.25) is 0 Å². The van der Waals surface area contributed by atoms with E-state index in [1.54, 1.807) is 0 Å². The summed E-state index contributed by atoms with van der Waals surface area (Å²) < 4.78 is 11.5. The first-order valence-electron chi connectivity index (χ1n) is 8.45. The number of fused-ring (bicyclic) bond motifs is 1. The third-order valence-electron chi connectivity index (χ3n) is 4.96. The molecule has 1 N–H and O–H groups in total. The number of likely N-dealkylation sites (tertiary alicyclic amines) is 1. The fourth-order valence-electron chi connectivity index (χ4n) is 3.80. The lowest BCUT2D eigenvalue weighted by Crippen LogP contribution is -2.49. The molecule has 0 aliphatic carbocycles. The SMILES string of the molecule is c1cc(CN2CCC(N3CCNCC3)C2)c2c(c1)OCCO2. The first-order valence-corrected chi connectivity index (χ1v) is 8.45. The van der Waals surface area contributed by atoms with Crippen molar-refractivity contribution in [3.05, 3.63) is 23.8 Å². The standard InChI is InChI=1S/C17H25N3O2/c1-2-14(17-16(3-1)21-10-11-22-17)12-19-7-4-15(13-19)20-8-5-18-6-9-20/h1-3,15,18H,4-13H2. The molecule has 0 spiro atoms. The molecule has 0 aromatic heterocycles. The zero-order valence-electron chi connectivity index (χ0n) is 13.1. The molecule has 1 atom stereocenters. The van der Waals surface area contributed by atoms with Crippen molar-refractivity contribution in [2.45, 2.75) is 19.0 Å². The summed E-state index contributed by atoms with van der Waals surface area (Å²) in [6.07, 6.45) is 1.28. The Morgan fingerprint density at radius 3 is 2.86 bits per heavy atom. The van der Waals surface area contributed by atoms with E-state index in [0.717, 1.165) is 37.2 Å². The summed E-state index contributed by atoms with van der Waals surface area (Å²) in [4.78, 5) is 5.21. The van der Waals surface area contributed by atoms with Crippen LogP contribution in [0.3, 0.4) is 0 Å². The minimum atomic E-state index is 0.658. The average molecular weight is 303 g/mol. The summed E-state index contributed by atoms with van der Waals surface area (Å²) in [5.74, 6) is 1.86. The van der Waals surface area contributed by atoms with Gasteiger partial charge in [-0.1, -0.05) is 12.1 Å². The van der Waals surface area contributed by atoms with Gasteiger partial charge in [0.25, 0.3) is 0 Å². The lowest BCUT2D eigenvalue weighted by Gasteiger charge is -2.32. The number of hydrogen-bond donors (Lipinski definition) is 1. The average Bonchev–Trinajstić information content (AvgIpc) is 3.05. The molecule has 5 nitrogen and oxygen atoms in total. The summed E-state index contributed by atoms with van der Waals surface area (Å²) in [5, 5.41) is 3.44. The third kappa shape index (κ3) is 2.93. The quantitative estimate of drug-likeness (QED) is 0.899. The second-order valence-electron chi connectivity index (χ2n) is 6.40. The van der Waals surface area contributed by atoms with E-state index in [1.165, 1.54) is 38.2 Å². The van der Waals surface area contributed by atoms with Gasteiger partial charge in [0.05, 0.1) is 0 Å². The van der Waals surface area contributed by atoms with Crippen molar-refractivity contribution in [3.8, 4) is 11.5 Å². The van der Waals surface area contributed by atoms with E-state index in [4.69, 9.17) is 9.47 Å². The van der Waals surface area contributed by atoms with E-state index >= 15 is 0 Å². The highest BCUT2D eigenvalue weighted by molar-refractivity contribution is 5.47. The van der Waals surface area contributed by atoms with Gasteiger partial charge in [-0.25, -0.2) is 0 Å². The lowest BCUT2D eigenvalue weighted by molar-refractivity contribution is 0.162. The van der Waals surface area contributed by atoms with Gasteiger partial charge in [0.15, 0.2) is 11.5 Å². The van der Waals surface area contributed by atoms with Crippen molar-refractivity contribution in [2.24, 2.45) is 0 Å². The molecule has 120 valence electrons. The molecule has 1 aromatic rings. The Hall–Kier alpha value is -1.30. The Balaban J connectivity index is 1.40. The van der Waals surface area contributed by atoms with Crippen LogP contribution in [0.4, 0.5) is 0 Å². The molecule has 2 fully saturated rings. The second kappa shape index (κ2) is 6.44. The van der Waals surface area contributed by atoms with E-state index in [1.807, 2.05) is 6.07 Å². The number of benzene rings is 1. The van der Waals surface area contributed by atoms with Crippen LogP contribution in [0.25, 0.3) is 0 Å². The van der Waals surface area contributed by atoms with E-state index in [-0.39, 0.29) is 0 Å². The summed E-state index contributed by atoms with van der Waals surface area (Å²) in [5.41, 5.74) is 1.26. The monoisotopic (exact) mass is 303 g/mol. The fraction of sp³-hybridized carbons (Fsp3) is 0.647. The van der Waals surface area contributed by atoms with E-state index in [0.29, 0.717) is 13.2 Å². The van der Waals surface area contributed by atoms with Gasteiger partial charge < -0.3 is 14.8 Å². The van der Waals surface area contributed by atoms with Crippen LogP contribution in [0.5, 0.6) is 11.5 Å². The van der Waals surface area contributed by atoms with Crippen molar-refractivity contribution in [3.63, 3.8) is 0 Å². The van der Waals surface area contributed by atoms with Gasteiger partial charge in [0, 0.05) is 57.4 Å². The summed E-state index contributed by atoms with van der Waals surface area (Å²) in [7, 11) is 0. The number of ether oxygens (including phenoxy) is 2. The first-order chi connectivity index (χ1) is 10.9. The number of piperazine rings is 1. The normalized spacial score (nSPS) is 26.3. The Bertz CT molecular complexity index is 517. The minimum absolute atomic E-state index is 0.658. The number of hydrogen-bond acceptors (Lipinski definition) is 5. The molecule has 0 radical (unpaired) electrons. The molecule has 4 rings (SSSR count). The van der Waals surface area contributed by atoms with Crippen LogP contribution < -0.4 is 14.8 Å². The van der Waals surface area contributed by atoms with Gasteiger partial charge in [-0.15, -0.1) is 0 Å². The maximum Gasteiger partial charge on any atom is 0.165 e. The van der Waals surface area contributed by atoms with Crippen LogP contribution in [-0.4, -0.2) is 68.3 Å². The van der Waals surface area contributed by atoms with E-state index < -0.39 is 0 Å². The molecule has 0 bridgehead atoms. The van der Waals surface area contributed by atoms with Crippen molar-refractivity contribution >= 4 is 0 Å². The Kier molecular flexibility index (Phi) is 4.19. The highest BCUT2D eigenvalue weighted by Gasteiger charge is 2.29. The zero-order valence-corrected chi connectivity index (χ0v) is 13.1. The summed E-state index contributed by atoms with van der Waals surface area (Å²) in [6, 6.07) is 6.97. The molecule has 1 aromatic carbocycles. The van der Waals surface area contributed by atoms with Crippen molar-refractivity contribution < 1.29 is 9.47 Å². The molecule has 1 unspecified atom stereocenters. The van der Waals surface area contributed by atoms with Gasteiger partial charge in [-0.2, -0.15) is 0 Å². The van der Waals surface area contributed by atoms with Crippen LogP contribution in [0, 0.1) is 0 Å². The first kappa shape index (κ1) is 14.3. The predicted octanol–water partition coefficient (Wildman–Crippen LogP) is 0.937. The van der Waals surface area contributed by atoms with Crippen molar-refractivity contribution in [1.82, 2.24) is 15.1 Å². The predicted molar refractivity (Wildman–Crippen MR) is 85.6 cm³/mol. The molecular weight excluding hydrogens is 278 g/mol. The topological polar surface area (TPSA) is 37.0 Å². The molecule has 3 aliphatic rings. The van der Waals surface area contributed by atoms with Crippen molar-refractivity contribution in [2.75, 3.05) is 52.5 Å². The van der Waals surface area contributed by atoms with E-state index in [9.17, 15) is 0 Å². The molecule has 0 amide bonds. The zero-order chi connectivity index (χ0) is 14.8. The van der Waals surface area contributed by atoms with Gasteiger partial charge in [0.2, 0.25) is 0 Å². The van der Waals surface area contributed by atoms with E-state index in [2.05, 4.69) is 27.2 Å². The van der Waals surface area contributed by atoms with Crippen LogP contribution in [0.15, 0.2) is 18.2 Å². The Labute approximate surface area is 132 Å². The molecule has 3 aliphatic heterocycles. The molecule has 0 saturated carbocycles. The number of rotatable bonds is 3. The Morgan fingerprint density at radius 1 is 1.09 bits per heavy atom. The van der Waals surface area contributed by atoms with Crippen LogP contribution >= 0.6 is 0 Å². The minimum Gasteiger partial charge on any atom is -0.486 e. The third-order valence-corrected chi connectivity index (χ3v) is 4.96. The number of nitrogens with one attached hydrogen (secondary N) is 1. The van der Waals surface area contributed by atoms with Gasteiger partial charge >= 0.3 is 0 Å². The molecule has 3 heterocycles. The highest BCUT2D eigenvalue weighted by Crippen LogP contribution is 2.34. The van der Waals surface area contributed by atoms with Crippen LogP contribution in [-0.2, 0) is 6.54 Å². The molecule has 22 heavy (non-hydrogen) atoms. The van der Waals surface area contributed by atoms with Gasteiger partial charge in [-0.3, -0.25) is 9.80 Å². The second-order valence-corrected chi connectivity index (χ2v) is 6.40. The fourth-order valence-corrected chi connectivity index (χ4v) is 3.80. The Morgan fingerprint density at radius 2 is 1.95 bits per heavy atom. The molecular formula is C17H25N3O2. The maximum absolute atomic E-state index is 5.84. The number of nitrogens with zero attached hydrogens (tertiary/aromatic N) is 2. The summed E-state index contributed by atoms with van der Waals surface area (Å²) in [6.45, 7) is 9.28. The largest absolute Gasteiger partial charge is 0.486 e. The van der Waals surface area contributed by atoms with Gasteiger partial charge in [-0.05, 0) is 12.5 Å². The summed E-state index contributed by atoms with van der Waals surface area (Å²) >= 11 is 0.